The standard InChI is InChI=1S/C16H20N4O2S/c1-20-15(12-5-7-13(22-2)8-6-12)18-19-16(20)23-10-14(21)17-9-11-3-4-11/h5-8,11H,3-4,9-10H2,1-2H3,(H,17,21). The van der Waals surface area contributed by atoms with Gasteiger partial charge in [0.1, 0.15) is 5.75 Å². The van der Waals surface area contributed by atoms with Crippen molar-refractivity contribution in [3.63, 3.8) is 0 Å². The molecule has 0 spiro atoms. The Morgan fingerprint density at radius 1 is 1.35 bits per heavy atom. The van der Waals surface area contributed by atoms with Crippen molar-refractivity contribution in [1.29, 1.82) is 0 Å². The molecular weight excluding hydrogens is 312 g/mol. The van der Waals surface area contributed by atoms with E-state index < -0.39 is 0 Å². The fourth-order valence-electron chi connectivity index (χ4n) is 2.19. The molecule has 0 atom stereocenters. The predicted molar refractivity (Wildman–Crippen MR) is 89.4 cm³/mol. The molecule has 0 saturated heterocycles. The van der Waals surface area contributed by atoms with Crippen molar-refractivity contribution in [2.75, 3.05) is 19.4 Å². The van der Waals surface area contributed by atoms with Crippen molar-refractivity contribution < 1.29 is 9.53 Å². The maximum atomic E-state index is 11.8. The molecular formula is C16H20N4O2S. The molecule has 1 aromatic carbocycles. The minimum atomic E-state index is 0.0518. The Hall–Kier alpha value is -2.02. The molecule has 1 heterocycles. The van der Waals surface area contributed by atoms with E-state index in [0.29, 0.717) is 11.7 Å². The molecule has 0 aliphatic heterocycles. The van der Waals surface area contributed by atoms with Gasteiger partial charge in [-0.05, 0) is 43.0 Å². The zero-order valence-electron chi connectivity index (χ0n) is 13.3. The first kappa shape index (κ1) is 15.9. The van der Waals surface area contributed by atoms with Gasteiger partial charge in [-0.15, -0.1) is 10.2 Å². The normalized spacial score (nSPS) is 13.8. The molecule has 1 amide bonds. The first-order valence-corrected chi connectivity index (χ1v) is 8.59. The van der Waals surface area contributed by atoms with E-state index in [0.717, 1.165) is 28.8 Å². The highest BCUT2D eigenvalue weighted by molar-refractivity contribution is 7.99. The first-order chi connectivity index (χ1) is 11.2. The Morgan fingerprint density at radius 3 is 2.74 bits per heavy atom. The van der Waals surface area contributed by atoms with E-state index in [1.807, 2.05) is 35.9 Å². The number of ether oxygens (including phenoxy) is 1. The maximum absolute atomic E-state index is 11.8. The summed E-state index contributed by atoms with van der Waals surface area (Å²) in [5, 5.41) is 12.1. The van der Waals surface area contributed by atoms with Crippen LogP contribution >= 0.6 is 11.8 Å². The summed E-state index contributed by atoms with van der Waals surface area (Å²) in [7, 11) is 3.55. The Bertz CT molecular complexity index is 680. The van der Waals surface area contributed by atoms with Gasteiger partial charge in [-0.1, -0.05) is 11.8 Å². The SMILES string of the molecule is COc1ccc(-c2nnc(SCC(=O)NCC3CC3)n2C)cc1. The van der Waals surface area contributed by atoms with E-state index in [2.05, 4.69) is 15.5 Å². The van der Waals surface area contributed by atoms with Crippen LogP contribution in [0.1, 0.15) is 12.8 Å². The van der Waals surface area contributed by atoms with Crippen molar-refractivity contribution >= 4 is 17.7 Å². The number of nitrogens with one attached hydrogen (secondary N) is 1. The quantitative estimate of drug-likeness (QED) is 0.787. The lowest BCUT2D eigenvalue weighted by atomic mass is 10.2. The molecule has 1 aliphatic carbocycles. The third-order valence-electron chi connectivity index (χ3n) is 3.80. The van der Waals surface area contributed by atoms with Crippen LogP contribution in [0.2, 0.25) is 0 Å². The largest absolute Gasteiger partial charge is 0.497 e. The molecule has 0 unspecified atom stereocenters. The Morgan fingerprint density at radius 2 is 2.09 bits per heavy atom. The summed E-state index contributed by atoms with van der Waals surface area (Å²) in [6.45, 7) is 0.801. The van der Waals surface area contributed by atoms with Gasteiger partial charge in [0.25, 0.3) is 0 Å². The first-order valence-electron chi connectivity index (χ1n) is 7.60. The maximum Gasteiger partial charge on any atom is 0.230 e. The summed E-state index contributed by atoms with van der Waals surface area (Å²) in [5.41, 5.74) is 0.964. The van der Waals surface area contributed by atoms with E-state index in [1.165, 1.54) is 24.6 Å². The third kappa shape index (κ3) is 4.04. The number of hydrogen-bond donors (Lipinski definition) is 1. The minimum absolute atomic E-state index is 0.0518. The van der Waals surface area contributed by atoms with Crippen LogP contribution in [-0.2, 0) is 11.8 Å². The number of carbonyl (C=O) groups is 1. The highest BCUT2D eigenvalue weighted by Gasteiger charge is 2.21. The van der Waals surface area contributed by atoms with Gasteiger partial charge in [0, 0.05) is 19.2 Å². The van der Waals surface area contributed by atoms with Gasteiger partial charge in [-0.2, -0.15) is 0 Å². The van der Waals surface area contributed by atoms with E-state index in [9.17, 15) is 4.79 Å². The summed E-state index contributed by atoms with van der Waals surface area (Å²) in [4.78, 5) is 11.8. The zero-order chi connectivity index (χ0) is 16.2. The van der Waals surface area contributed by atoms with Crippen LogP contribution in [-0.4, -0.2) is 40.1 Å². The summed E-state index contributed by atoms with van der Waals surface area (Å²) < 4.78 is 7.06. The molecule has 1 saturated carbocycles. The van der Waals surface area contributed by atoms with Crippen LogP contribution in [0.15, 0.2) is 29.4 Å². The molecule has 122 valence electrons. The number of nitrogens with zero attached hydrogens (tertiary/aromatic N) is 3. The highest BCUT2D eigenvalue weighted by Crippen LogP contribution is 2.28. The molecule has 1 N–H and O–H groups in total. The average molecular weight is 332 g/mol. The number of thioether (sulfide) groups is 1. The van der Waals surface area contributed by atoms with Crippen molar-refractivity contribution in [2.45, 2.75) is 18.0 Å². The highest BCUT2D eigenvalue weighted by atomic mass is 32.2. The van der Waals surface area contributed by atoms with Crippen molar-refractivity contribution in [3.8, 4) is 17.1 Å². The zero-order valence-corrected chi connectivity index (χ0v) is 14.1. The summed E-state index contributed by atoms with van der Waals surface area (Å²) in [6, 6.07) is 7.67. The molecule has 3 rings (SSSR count). The van der Waals surface area contributed by atoms with Crippen LogP contribution in [0.3, 0.4) is 0 Å². The molecule has 23 heavy (non-hydrogen) atoms. The minimum Gasteiger partial charge on any atom is -0.497 e. The van der Waals surface area contributed by atoms with Gasteiger partial charge >= 0.3 is 0 Å². The van der Waals surface area contributed by atoms with Crippen LogP contribution in [0.5, 0.6) is 5.75 Å². The fourth-order valence-corrected chi connectivity index (χ4v) is 2.93. The van der Waals surface area contributed by atoms with E-state index in [4.69, 9.17) is 4.74 Å². The van der Waals surface area contributed by atoms with E-state index in [1.54, 1.807) is 7.11 Å². The lowest BCUT2D eigenvalue weighted by Crippen LogP contribution is -2.27. The molecule has 2 aromatic rings. The van der Waals surface area contributed by atoms with Crippen molar-refractivity contribution in [2.24, 2.45) is 13.0 Å². The van der Waals surface area contributed by atoms with Crippen LogP contribution in [0, 0.1) is 5.92 Å². The molecule has 1 aliphatic rings. The molecule has 1 fully saturated rings. The summed E-state index contributed by atoms with van der Waals surface area (Å²) >= 11 is 1.40. The van der Waals surface area contributed by atoms with Crippen molar-refractivity contribution in [1.82, 2.24) is 20.1 Å². The molecule has 0 radical (unpaired) electrons. The second-order valence-corrected chi connectivity index (χ2v) is 6.57. The van der Waals surface area contributed by atoms with Gasteiger partial charge in [-0.25, -0.2) is 0 Å². The topological polar surface area (TPSA) is 69.0 Å². The molecule has 7 heteroatoms. The lowest BCUT2D eigenvalue weighted by Gasteiger charge is -2.05. The lowest BCUT2D eigenvalue weighted by molar-refractivity contribution is -0.118. The smallest absolute Gasteiger partial charge is 0.230 e. The fraction of sp³-hybridized carbons (Fsp3) is 0.438. The van der Waals surface area contributed by atoms with E-state index >= 15 is 0 Å². The van der Waals surface area contributed by atoms with E-state index in [-0.39, 0.29) is 5.91 Å². The molecule has 6 nitrogen and oxygen atoms in total. The predicted octanol–water partition coefficient (Wildman–Crippen LogP) is 2.11. The van der Waals surface area contributed by atoms with Crippen LogP contribution in [0.4, 0.5) is 0 Å². The molecule has 1 aromatic heterocycles. The third-order valence-corrected chi connectivity index (χ3v) is 4.82. The Labute approximate surface area is 139 Å². The number of benzene rings is 1. The van der Waals surface area contributed by atoms with Gasteiger partial charge in [-0.3, -0.25) is 4.79 Å². The van der Waals surface area contributed by atoms with Gasteiger partial charge in [0.15, 0.2) is 11.0 Å². The van der Waals surface area contributed by atoms with Crippen molar-refractivity contribution in [3.05, 3.63) is 24.3 Å². The second-order valence-electron chi connectivity index (χ2n) is 5.63. The number of hydrogen-bond acceptors (Lipinski definition) is 5. The van der Waals surface area contributed by atoms with Gasteiger partial charge < -0.3 is 14.6 Å². The number of aromatic nitrogens is 3. The second kappa shape index (κ2) is 7.04. The van der Waals surface area contributed by atoms with Gasteiger partial charge in [0.2, 0.25) is 5.91 Å². The summed E-state index contributed by atoms with van der Waals surface area (Å²) in [5.74, 6) is 2.68. The number of methoxy groups -OCH3 is 1. The number of rotatable bonds is 7. The monoisotopic (exact) mass is 332 g/mol. The van der Waals surface area contributed by atoms with Gasteiger partial charge in [0.05, 0.1) is 12.9 Å². The average Bonchev–Trinajstić information content (AvgIpc) is 3.34. The van der Waals surface area contributed by atoms with Crippen LogP contribution in [0.25, 0.3) is 11.4 Å². The summed E-state index contributed by atoms with van der Waals surface area (Å²) in [6.07, 6.45) is 2.48. The Kier molecular flexibility index (Phi) is 4.85. The number of amides is 1. The molecule has 0 bridgehead atoms. The Balaban J connectivity index is 1.60. The van der Waals surface area contributed by atoms with Crippen LogP contribution < -0.4 is 10.1 Å². The number of carbonyl (C=O) groups excluding carboxylic acids is 1.